The van der Waals surface area contributed by atoms with E-state index in [9.17, 15) is 9.18 Å². The first-order valence-corrected chi connectivity index (χ1v) is 13.2. The first-order chi connectivity index (χ1) is 18.6. The molecular formula is C28H25FN6O2S. The lowest BCUT2D eigenvalue weighted by Crippen LogP contribution is -2.45. The van der Waals surface area contributed by atoms with E-state index in [0.29, 0.717) is 24.6 Å². The molecule has 5 aromatic rings. The number of anilines is 1. The van der Waals surface area contributed by atoms with Crippen molar-refractivity contribution in [3.8, 4) is 28.4 Å². The molecule has 3 aromatic heterocycles. The van der Waals surface area contributed by atoms with Gasteiger partial charge < -0.3 is 15.0 Å². The van der Waals surface area contributed by atoms with Gasteiger partial charge in [-0.2, -0.15) is 0 Å². The van der Waals surface area contributed by atoms with E-state index in [-0.39, 0.29) is 17.8 Å². The molecule has 8 nitrogen and oxygen atoms in total. The van der Waals surface area contributed by atoms with E-state index in [4.69, 9.17) is 14.7 Å². The quantitative estimate of drug-likeness (QED) is 0.318. The first-order valence-electron chi connectivity index (χ1n) is 12.3. The number of imidazole rings is 1. The lowest BCUT2D eigenvalue weighted by molar-refractivity contribution is 0.0714. The van der Waals surface area contributed by atoms with Crippen LogP contribution in [-0.2, 0) is 0 Å². The van der Waals surface area contributed by atoms with Crippen LogP contribution in [0.3, 0.4) is 0 Å². The van der Waals surface area contributed by atoms with Gasteiger partial charge in [0, 0.05) is 48.0 Å². The van der Waals surface area contributed by atoms with Crippen molar-refractivity contribution < 1.29 is 13.9 Å². The second kappa shape index (κ2) is 10.2. The van der Waals surface area contributed by atoms with Gasteiger partial charge in [-0.05, 0) is 55.3 Å². The van der Waals surface area contributed by atoms with Crippen LogP contribution in [0.15, 0.2) is 72.4 Å². The number of methoxy groups -OCH3 is 1. The van der Waals surface area contributed by atoms with Crippen LogP contribution >= 0.6 is 11.3 Å². The molecule has 0 spiro atoms. The molecule has 0 saturated carbocycles. The number of benzene rings is 2. The maximum absolute atomic E-state index is 13.3. The van der Waals surface area contributed by atoms with Gasteiger partial charge in [-0.3, -0.25) is 9.20 Å². The molecule has 1 aliphatic rings. The van der Waals surface area contributed by atoms with Gasteiger partial charge in [-0.1, -0.05) is 12.1 Å². The third-order valence-corrected chi connectivity index (χ3v) is 7.39. The van der Waals surface area contributed by atoms with E-state index in [1.165, 1.54) is 24.3 Å². The summed E-state index contributed by atoms with van der Waals surface area (Å²) in [5.41, 5.74) is 3.84. The second-order valence-electron chi connectivity index (χ2n) is 9.10. The van der Waals surface area contributed by atoms with E-state index < -0.39 is 0 Å². The molecule has 1 saturated heterocycles. The Hall–Kier alpha value is -4.31. The van der Waals surface area contributed by atoms with Gasteiger partial charge in [0.15, 0.2) is 4.96 Å². The number of halogens is 1. The summed E-state index contributed by atoms with van der Waals surface area (Å²) in [6.45, 7) is 1.17. The minimum Gasteiger partial charge on any atom is -0.497 e. The highest BCUT2D eigenvalue weighted by molar-refractivity contribution is 7.15. The van der Waals surface area contributed by atoms with E-state index in [1.54, 1.807) is 29.5 Å². The van der Waals surface area contributed by atoms with Gasteiger partial charge in [0.25, 0.3) is 5.91 Å². The lowest BCUT2D eigenvalue weighted by Gasteiger charge is -2.33. The van der Waals surface area contributed by atoms with Crippen LogP contribution in [0.25, 0.3) is 27.6 Å². The average Bonchev–Trinajstić information content (AvgIpc) is 3.55. The fraction of sp³-hybridized carbons (Fsp3) is 0.214. The molecule has 38 heavy (non-hydrogen) atoms. The molecular weight excluding hydrogens is 503 g/mol. The molecule has 1 amide bonds. The zero-order valence-electron chi connectivity index (χ0n) is 20.7. The first kappa shape index (κ1) is 24.1. The van der Waals surface area contributed by atoms with Gasteiger partial charge >= 0.3 is 0 Å². The number of thiazole rings is 1. The number of fused-ring (bicyclic) bond motifs is 1. The maximum Gasteiger partial charge on any atom is 0.253 e. The van der Waals surface area contributed by atoms with Crippen LogP contribution in [0.5, 0.6) is 5.75 Å². The number of carbonyl (C=O) groups is 1. The van der Waals surface area contributed by atoms with Crippen LogP contribution < -0.4 is 10.1 Å². The van der Waals surface area contributed by atoms with Crippen molar-refractivity contribution in [2.45, 2.75) is 18.9 Å². The highest BCUT2D eigenvalue weighted by atomic mass is 32.1. The van der Waals surface area contributed by atoms with Crippen LogP contribution in [0, 0.1) is 5.82 Å². The predicted molar refractivity (Wildman–Crippen MR) is 145 cm³/mol. The zero-order chi connectivity index (χ0) is 26.1. The Morgan fingerprint density at radius 2 is 2.03 bits per heavy atom. The Morgan fingerprint density at radius 3 is 2.87 bits per heavy atom. The molecule has 1 N–H and O–H groups in total. The van der Waals surface area contributed by atoms with Crippen LogP contribution in [0.4, 0.5) is 10.3 Å². The molecule has 6 rings (SSSR count). The van der Waals surface area contributed by atoms with Crippen molar-refractivity contribution in [2.24, 2.45) is 0 Å². The number of nitrogens with one attached hydrogen (secondary N) is 1. The predicted octanol–water partition coefficient (Wildman–Crippen LogP) is 5.38. The van der Waals surface area contributed by atoms with Crippen molar-refractivity contribution in [3.05, 3.63) is 83.8 Å². The largest absolute Gasteiger partial charge is 0.497 e. The highest BCUT2D eigenvalue weighted by Crippen LogP contribution is 2.35. The van der Waals surface area contributed by atoms with Gasteiger partial charge in [0.05, 0.1) is 18.5 Å². The molecule has 0 aliphatic carbocycles. The van der Waals surface area contributed by atoms with Gasteiger partial charge in [-0.25, -0.2) is 19.3 Å². The molecule has 1 atom stereocenters. The van der Waals surface area contributed by atoms with Crippen molar-refractivity contribution >= 4 is 28.2 Å². The monoisotopic (exact) mass is 528 g/mol. The highest BCUT2D eigenvalue weighted by Gasteiger charge is 2.25. The number of piperidine rings is 1. The van der Waals surface area contributed by atoms with E-state index in [2.05, 4.69) is 10.3 Å². The number of ether oxygens (including phenoxy) is 1. The number of nitrogens with zero attached hydrogens (tertiary/aromatic N) is 5. The number of hydrogen-bond donors (Lipinski definition) is 1. The summed E-state index contributed by atoms with van der Waals surface area (Å²) in [6, 6.07) is 15.4. The summed E-state index contributed by atoms with van der Waals surface area (Å²) < 4.78 is 20.8. The molecule has 2 aromatic carbocycles. The van der Waals surface area contributed by atoms with Crippen molar-refractivity contribution in [1.82, 2.24) is 24.3 Å². The van der Waals surface area contributed by atoms with Crippen LogP contribution in [0.2, 0.25) is 0 Å². The molecule has 1 unspecified atom stereocenters. The smallest absolute Gasteiger partial charge is 0.253 e. The Morgan fingerprint density at radius 1 is 1.16 bits per heavy atom. The summed E-state index contributed by atoms with van der Waals surface area (Å²) in [5.74, 6) is 0.787. The fourth-order valence-corrected chi connectivity index (χ4v) is 5.51. The Kier molecular flexibility index (Phi) is 6.47. The second-order valence-corrected chi connectivity index (χ2v) is 9.98. The molecule has 4 heterocycles. The molecule has 1 aliphatic heterocycles. The molecule has 0 bridgehead atoms. The topological polar surface area (TPSA) is 84.7 Å². The van der Waals surface area contributed by atoms with E-state index in [1.807, 2.05) is 46.3 Å². The Labute approximate surface area is 222 Å². The lowest BCUT2D eigenvalue weighted by atomic mass is 10.0. The van der Waals surface area contributed by atoms with Gasteiger partial charge in [0.2, 0.25) is 5.95 Å². The molecule has 10 heteroatoms. The van der Waals surface area contributed by atoms with Crippen LogP contribution in [-0.4, -0.2) is 56.4 Å². The van der Waals surface area contributed by atoms with Gasteiger partial charge in [0.1, 0.15) is 17.3 Å². The number of likely N-dealkylation sites (tertiary alicyclic amines) is 1. The number of amides is 1. The standard InChI is InChI=1S/C28H25FN6O2S/c1-37-22-6-2-4-19(16-22)24-25(35-14-15-38-28(35)33-24)23-11-12-30-27(32-23)31-21-5-3-13-34(17-21)26(36)18-7-9-20(29)10-8-18/h2,4,6-12,14-16,21H,3,5,13,17H2,1H3,(H,30,31,32). The zero-order valence-corrected chi connectivity index (χ0v) is 21.5. The Balaban J connectivity index is 1.26. The third-order valence-electron chi connectivity index (χ3n) is 6.64. The number of carbonyl (C=O) groups excluding carboxylic acids is 1. The summed E-state index contributed by atoms with van der Waals surface area (Å²) >= 11 is 1.56. The summed E-state index contributed by atoms with van der Waals surface area (Å²) in [4.78, 5) is 29.8. The third kappa shape index (κ3) is 4.70. The maximum atomic E-state index is 13.3. The number of aromatic nitrogens is 4. The Bertz CT molecular complexity index is 1600. The SMILES string of the molecule is COc1cccc(-c2nc3sccn3c2-c2ccnc(NC3CCCN(C(=O)c4ccc(F)cc4)C3)n2)c1. The van der Waals surface area contributed by atoms with Crippen molar-refractivity contribution in [1.29, 1.82) is 0 Å². The minimum atomic E-state index is -0.357. The molecule has 0 radical (unpaired) electrons. The average molecular weight is 529 g/mol. The van der Waals surface area contributed by atoms with E-state index >= 15 is 0 Å². The number of rotatable bonds is 6. The van der Waals surface area contributed by atoms with E-state index in [0.717, 1.165) is 46.2 Å². The summed E-state index contributed by atoms with van der Waals surface area (Å²) in [5, 5.41) is 5.42. The molecule has 192 valence electrons. The van der Waals surface area contributed by atoms with Crippen LogP contribution in [0.1, 0.15) is 23.2 Å². The normalized spacial score (nSPS) is 15.5. The minimum absolute atomic E-state index is 0.00661. The summed E-state index contributed by atoms with van der Waals surface area (Å²) in [7, 11) is 1.65. The van der Waals surface area contributed by atoms with Crippen molar-refractivity contribution in [3.63, 3.8) is 0 Å². The van der Waals surface area contributed by atoms with Gasteiger partial charge in [-0.15, -0.1) is 11.3 Å². The number of hydrogen-bond acceptors (Lipinski definition) is 7. The molecule has 1 fully saturated rings. The summed E-state index contributed by atoms with van der Waals surface area (Å²) in [6.07, 6.45) is 5.46. The fourth-order valence-electron chi connectivity index (χ4n) is 4.80. The van der Waals surface area contributed by atoms with Crippen molar-refractivity contribution in [2.75, 3.05) is 25.5 Å².